The molecule has 0 fully saturated rings. The number of nitrogens with zero attached hydrogens (tertiary/aromatic N) is 1. The lowest BCUT2D eigenvalue weighted by molar-refractivity contribution is -0.113. The van der Waals surface area contributed by atoms with E-state index in [0.29, 0.717) is 29.9 Å². The van der Waals surface area contributed by atoms with Gasteiger partial charge in [0.05, 0.1) is 10.7 Å². The Morgan fingerprint density at radius 3 is 2.68 bits per heavy atom. The van der Waals surface area contributed by atoms with Crippen molar-refractivity contribution in [2.45, 2.75) is 13.0 Å². The number of carbonyl (C=O) groups excluding carboxylic acids is 1. The molecule has 0 saturated heterocycles. The lowest BCUT2D eigenvalue weighted by Crippen LogP contribution is -2.36. The van der Waals surface area contributed by atoms with Gasteiger partial charge in [-0.25, -0.2) is 4.39 Å². The van der Waals surface area contributed by atoms with Gasteiger partial charge in [-0.15, -0.1) is 0 Å². The summed E-state index contributed by atoms with van der Waals surface area (Å²) in [6, 6.07) is 14.0. The van der Waals surface area contributed by atoms with Crippen molar-refractivity contribution in [2.24, 2.45) is 5.73 Å². The van der Waals surface area contributed by atoms with Crippen molar-refractivity contribution in [3.63, 3.8) is 0 Å². The van der Waals surface area contributed by atoms with E-state index in [9.17, 15) is 9.18 Å². The molecule has 25 heavy (non-hydrogen) atoms. The molecule has 0 aliphatic carbocycles. The fourth-order valence-corrected chi connectivity index (χ4v) is 3.08. The van der Waals surface area contributed by atoms with E-state index in [0.717, 1.165) is 19.2 Å². The highest BCUT2D eigenvalue weighted by atomic mass is 35.5. The molecule has 0 radical (unpaired) electrons. The smallest absolute Gasteiger partial charge is 0.253 e. The fourth-order valence-electron chi connectivity index (χ4n) is 2.87. The van der Waals surface area contributed by atoms with Crippen LogP contribution in [0.3, 0.4) is 0 Å². The number of benzene rings is 2. The van der Waals surface area contributed by atoms with E-state index in [2.05, 4.69) is 22.3 Å². The standard InChI is InChI=1S/C19H19ClFN3O/c20-16-10-14(21)6-7-18(16)23-19(25)15-8-9-24(12-17(15)22)11-13-4-2-1-3-5-13/h1-7,10H,8-9,11-12,22H2,(H,23,25). The maximum Gasteiger partial charge on any atom is 0.253 e. The van der Waals surface area contributed by atoms with E-state index < -0.39 is 5.82 Å². The van der Waals surface area contributed by atoms with Crippen molar-refractivity contribution < 1.29 is 9.18 Å². The highest BCUT2D eigenvalue weighted by Gasteiger charge is 2.22. The number of halogens is 2. The van der Waals surface area contributed by atoms with Crippen LogP contribution in [-0.4, -0.2) is 23.9 Å². The van der Waals surface area contributed by atoms with Crippen LogP contribution in [0.5, 0.6) is 0 Å². The summed E-state index contributed by atoms with van der Waals surface area (Å²) in [4.78, 5) is 14.7. The zero-order valence-electron chi connectivity index (χ0n) is 13.6. The monoisotopic (exact) mass is 359 g/mol. The molecule has 4 nitrogen and oxygen atoms in total. The van der Waals surface area contributed by atoms with Crippen molar-refractivity contribution in [3.8, 4) is 0 Å². The molecule has 6 heteroatoms. The molecule has 0 saturated carbocycles. The third-order valence-corrected chi connectivity index (χ3v) is 4.47. The molecule has 3 rings (SSSR count). The lowest BCUT2D eigenvalue weighted by atomic mass is 10.0. The van der Waals surface area contributed by atoms with E-state index in [1.54, 1.807) is 0 Å². The van der Waals surface area contributed by atoms with E-state index in [1.807, 2.05) is 18.2 Å². The number of nitrogens with two attached hydrogens (primary N) is 1. The van der Waals surface area contributed by atoms with Crippen molar-refractivity contribution in [1.82, 2.24) is 4.90 Å². The second-order valence-electron chi connectivity index (χ2n) is 6.03. The van der Waals surface area contributed by atoms with Gasteiger partial charge in [-0.05, 0) is 30.2 Å². The van der Waals surface area contributed by atoms with E-state index in [4.69, 9.17) is 17.3 Å². The SMILES string of the molecule is NC1=C(C(=O)Nc2ccc(F)cc2Cl)CCN(Cc2ccccc2)C1. The van der Waals surface area contributed by atoms with Gasteiger partial charge in [0, 0.05) is 30.9 Å². The Morgan fingerprint density at radius 2 is 2.00 bits per heavy atom. The molecule has 0 spiro atoms. The van der Waals surface area contributed by atoms with Gasteiger partial charge in [0.2, 0.25) is 0 Å². The molecule has 1 amide bonds. The van der Waals surface area contributed by atoms with E-state index in [-0.39, 0.29) is 10.9 Å². The van der Waals surface area contributed by atoms with Gasteiger partial charge in [-0.3, -0.25) is 9.69 Å². The number of hydrogen-bond acceptors (Lipinski definition) is 3. The number of amides is 1. The molecular weight excluding hydrogens is 341 g/mol. The maximum atomic E-state index is 13.1. The highest BCUT2D eigenvalue weighted by Crippen LogP contribution is 2.24. The minimum Gasteiger partial charge on any atom is -0.401 e. The zero-order valence-corrected chi connectivity index (χ0v) is 14.4. The summed E-state index contributed by atoms with van der Waals surface area (Å²) in [6.45, 7) is 2.07. The van der Waals surface area contributed by atoms with Gasteiger partial charge in [0.15, 0.2) is 0 Å². The van der Waals surface area contributed by atoms with E-state index in [1.165, 1.54) is 17.7 Å². The highest BCUT2D eigenvalue weighted by molar-refractivity contribution is 6.33. The average Bonchev–Trinajstić information content (AvgIpc) is 2.58. The largest absolute Gasteiger partial charge is 0.401 e. The van der Waals surface area contributed by atoms with Crippen LogP contribution in [0.25, 0.3) is 0 Å². The van der Waals surface area contributed by atoms with Gasteiger partial charge >= 0.3 is 0 Å². The molecule has 1 aliphatic heterocycles. The predicted molar refractivity (Wildman–Crippen MR) is 97.6 cm³/mol. The van der Waals surface area contributed by atoms with Gasteiger partial charge in [-0.2, -0.15) is 0 Å². The Balaban J connectivity index is 1.66. The molecule has 0 aromatic heterocycles. The number of hydrogen-bond donors (Lipinski definition) is 2. The lowest BCUT2D eigenvalue weighted by Gasteiger charge is -2.28. The number of rotatable bonds is 4. The first-order valence-electron chi connectivity index (χ1n) is 8.03. The zero-order chi connectivity index (χ0) is 17.8. The van der Waals surface area contributed by atoms with Crippen LogP contribution in [0.15, 0.2) is 59.8 Å². The van der Waals surface area contributed by atoms with Crippen LogP contribution in [-0.2, 0) is 11.3 Å². The quantitative estimate of drug-likeness (QED) is 0.877. The summed E-state index contributed by atoms with van der Waals surface area (Å²) < 4.78 is 13.1. The van der Waals surface area contributed by atoms with Crippen molar-refractivity contribution in [3.05, 3.63) is 76.2 Å². The number of carbonyl (C=O) groups is 1. The minimum absolute atomic E-state index is 0.161. The van der Waals surface area contributed by atoms with Crippen molar-refractivity contribution >= 4 is 23.2 Å². The molecular formula is C19H19ClFN3O. The van der Waals surface area contributed by atoms with Crippen LogP contribution in [0.1, 0.15) is 12.0 Å². The second-order valence-corrected chi connectivity index (χ2v) is 6.44. The fraction of sp³-hybridized carbons (Fsp3) is 0.211. The first kappa shape index (κ1) is 17.5. The number of nitrogens with one attached hydrogen (secondary N) is 1. The molecule has 1 heterocycles. The summed E-state index contributed by atoms with van der Waals surface area (Å²) in [7, 11) is 0. The Bertz CT molecular complexity index is 808. The van der Waals surface area contributed by atoms with Gasteiger partial charge in [-0.1, -0.05) is 41.9 Å². The maximum absolute atomic E-state index is 13.1. The normalized spacial score (nSPS) is 15.3. The molecule has 0 unspecified atom stereocenters. The Labute approximate surface area is 151 Å². The third kappa shape index (κ3) is 4.38. The summed E-state index contributed by atoms with van der Waals surface area (Å²) in [5, 5.41) is 2.87. The average molecular weight is 360 g/mol. The minimum atomic E-state index is -0.448. The van der Waals surface area contributed by atoms with Crippen LogP contribution >= 0.6 is 11.6 Å². The summed E-state index contributed by atoms with van der Waals surface area (Å²) in [5.41, 5.74) is 8.82. The predicted octanol–water partition coefficient (Wildman–Crippen LogP) is 3.54. The van der Waals surface area contributed by atoms with Crippen LogP contribution in [0.4, 0.5) is 10.1 Å². The first-order chi connectivity index (χ1) is 12.0. The molecule has 0 bridgehead atoms. The summed E-state index contributed by atoms with van der Waals surface area (Å²) in [6.07, 6.45) is 0.559. The van der Waals surface area contributed by atoms with Gasteiger partial charge in [0.25, 0.3) is 5.91 Å². The van der Waals surface area contributed by atoms with E-state index >= 15 is 0 Å². The second kappa shape index (κ2) is 7.68. The van der Waals surface area contributed by atoms with Crippen LogP contribution in [0, 0.1) is 5.82 Å². The summed E-state index contributed by atoms with van der Waals surface area (Å²) in [5.74, 6) is -0.735. The molecule has 0 atom stereocenters. The Kier molecular flexibility index (Phi) is 5.36. The van der Waals surface area contributed by atoms with Crippen molar-refractivity contribution in [2.75, 3.05) is 18.4 Å². The van der Waals surface area contributed by atoms with Crippen LogP contribution < -0.4 is 11.1 Å². The van der Waals surface area contributed by atoms with Crippen molar-refractivity contribution in [1.29, 1.82) is 0 Å². The Morgan fingerprint density at radius 1 is 1.24 bits per heavy atom. The molecule has 2 aromatic rings. The number of anilines is 1. The molecule has 1 aliphatic rings. The molecule has 3 N–H and O–H groups in total. The summed E-state index contributed by atoms with van der Waals surface area (Å²) >= 11 is 5.95. The molecule has 2 aromatic carbocycles. The topological polar surface area (TPSA) is 58.4 Å². The Hall–Kier alpha value is -2.37. The third-order valence-electron chi connectivity index (χ3n) is 4.16. The van der Waals surface area contributed by atoms with Gasteiger partial charge < -0.3 is 11.1 Å². The van der Waals surface area contributed by atoms with Crippen LogP contribution in [0.2, 0.25) is 5.02 Å². The first-order valence-corrected chi connectivity index (χ1v) is 8.41. The van der Waals surface area contributed by atoms with Gasteiger partial charge in [0.1, 0.15) is 5.82 Å². The molecule has 130 valence electrons.